The summed E-state index contributed by atoms with van der Waals surface area (Å²) in [5.41, 5.74) is 0. The van der Waals surface area contributed by atoms with Gasteiger partial charge in [0.05, 0.1) is 0 Å². The summed E-state index contributed by atoms with van der Waals surface area (Å²) in [4.78, 5) is 0. The van der Waals surface area contributed by atoms with E-state index in [1.807, 2.05) is 0 Å². The summed E-state index contributed by atoms with van der Waals surface area (Å²) in [6.45, 7) is 4.60. The van der Waals surface area contributed by atoms with Gasteiger partial charge in [-0.15, -0.1) is 0 Å². The average molecular weight is 287 g/mol. The van der Waals surface area contributed by atoms with Gasteiger partial charge < -0.3 is 5.32 Å². The lowest BCUT2D eigenvalue weighted by atomic mass is 10.1. The molecule has 0 saturated heterocycles. The van der Waals surface area contributed by atoms with Gasteiger partial charge in [-0.25, -0.2) is 0 Å². The molecule has 1 heterocycles. The largest absolute Gasteiger partial charge is 0.317 e. The molecule has 0 amide bonds. The van der Waals surface area contributed by atoms with Crippen LogP contribution in [0.3, 0.4) is 0 Å². The lowest BCUT2D eigenvalue weighted by Crippen LogP contribution is -2.16. The zero-order valence-electron chi connectivity index (χ0n) is 13.8. The Bertz CT molecular complexity index is 336. The van der Waals surface area contributed by atoms with E-state index >= 15 is 0 Å². The van der Waals surface area contributed by atoms with Crippen LogP contribution < -0.4 is 5.32 Å². The fraction of sp³-hybridized carbons (Fsp3) is 0.600. The Morgan fingerprint density at radius 1 is 0.667 bits per heavy atom. The molecule has 0 saturated carbocycles. The van der Waals surface area contributed by atoms with Crippen molar-refractivity contribution in [3.8, 4) is 0 Å². The SMILES string of the molecule is CC1/C=C\C/C=C\C/C=C\CCCCNCCCC/C=C\1. The van der Waals surface area contributed by atoms with E-state index < -0.39 is 0 Å². The number of nitrogens with one attached hydrogen (secondary N) is 1. The van der Waals surface area contributed by atoms with Gasteiger partial charge in [0.1, 0.15) is 0 Å². The molecule has 0 aromatic heterocycles. The molecular formula is C20H33N. The zero-order valence-corrected chi connectivity index (χ0v) is 13.8. The van der Waals surface area contributed by atoms with Gasteiger partial charge in [0.2, 0.25) is 0 Å². The van der Waals surface area contributed by atoms with Gasteiger partial charge in [-0.05, 0) is 70.4 Å². The fourth-order valence-corrected chi connectivity index (χ4v) is 2.38. The monoisotopic (exact) mass is 287 g/mol. The van der Waals surface area contributed by atoms with Crippen LogP contribution >= 0.6 is 0 Å². The highest BCUT2D eigenvalue weighted by Crippen LogP contribution is 2.05. The quantitative estimate of drug-likeness (QED) is 0.574. The maximum absolute atomic E-state index is 3.55. The molecule has 0 radical (unpaired) electrons. The van der Waals surface area contributed by atoms with Crippen molar-refractivity contribution in [1.29, 1.82) is 0 Å². The Kier molecular flexibility index (Phi) is 11.9. The normalized spacial score (nSPS) is 30.0. The Labute approximate surface area is 131 Å². The second kappa shape index (κ2) is 13.9. The third-order valence-electron chi connectivity index (χ3n) is 3.71. The summed E-state index contributed by atoms with van der Waals surface area (Å²) in [6.07, 6.45) is 28.1. The second-order valence-corrected chi connectivity index (χ2v) is 5.87. The van der Waals surface area contributed by atoms with Gasteiger partial charge in [0.25, 0.3) is 0 Å². The molecule has 0 aliphatic carbocycles. The minimum Gasteiger partial charge on any atom is -0.317 e. The van der Waals surface area contributed by atoms with Crippen LogP contribution in [0.5, 0.6) is 0 Å². The molecule has 1 rings (SSSR count). The van der Waals surface area contributed by atoms with Crippen LogP contribution in [-0.4, -0.2) is 13.1 Å². The lowest BCUT2D eigenvalue weighted by Gasteiger charge is -2.03. The van der Waals surface area contributed by atoms with Crippen LogP contribution in [0.4, 0.5) is 0 Å². The number of hydrogen-bond acceptors (Lipinski definition) is 1. The first-order chi connectivity index (χ1) is 10.4. The highest BCUT2D eigenvalue weighted by Gasteiger charge is 1.91. The molecular weight excluding hydrogens is 254 g/mol. The van der Waals surface area contributed by atoms with Crippen molar-refractivity contribution in [3.05, 3.63) is 48.6 Å². The molecule has 1 heteroatoms. The van der Waals surface area contributed by atoms with Crippen LogP contribution in [-0.2, 0) is 0 Å². The molecule has 118 valence electrons. The Hall–Kier alpha value is -1.08. The standard InChI is InChI=1S/C20H33N/c1-20-16-12-8-6-4-2-3-5-7-10-14-18-21-19-15-11-9-13-17-20/h3-6,12-13,16-17,20-21H,2,7-11,14-15,18-19H2,1H3/b5-3-,6-4-,16-12-,17-13-. The van der Waals surface area contributed by atoms with E-state index in [0.717, 1.165) is 12.8 Å². The van der Waals surface area contributed by atoms with E-state index in [-0.39, 0.29) is 0 Å². The van der Waals surface area contributed by atoms with Crippen molar-refractivity contribution in [2.24, 2.45) is 5.92 Å². The number of hydrogen-bond donors (Lipinski definition) is 1. The molecule has 0 spiro atoms. The van der Waals surface area contributed by atoms with Crippen molar-refractivity contribution in [2.75, 3.05) is 13.1 Å². The molecule has 1 aliphatic rings. The van der Waals surface area contributed by atoms with Crippen LogP contribution in [0.2, 0.25) is 0 Å². The Morgan fingerprint density at radius 2 is 1.24 bits per heavy atom. The first-order valence-electron chi connectivity index (χ1n) is 8.73. The van der Waals surface area contributed by atoms with Crippen molar-refractivity contribution in [1.82, 2.24) is 5.32 Å². The van der Waals surface area contributed by atoms with Gasteiger partial charge in [-0.2, -0.15) is 0 Å². The van der Waals surface area contributed by atoms with E-state index in [0.29, 0.717) is 5.92 Å². The van der Waals surface area contributed by atoms with Crippen LogP contribution in [0.25, 0.3) is 0 Å². The molecule has 0 bridgehead atoms. The minimum atomic E-state index is 0.557. The maximum atomic E-state index is 3.55. The third kappa shape index (κ3) is 12.4. The van der Waals surface area contributed by atoms with E-state index in [9.17, 15) is 0 Å². The predicted molar refractivity (Wildman–Crippen MR) is 95.5 cm³/mol. The molecule has 1 aliphatic heterocycles. The summed E-state index contributed by atoms with van der Waals surface area (Å²) in [5.74, 6) is 0.557. The summed E-state index contributed by atoms with van der Waals surface area (Å²) < 4.78 is 0. The van der Waals surface area contributed by atoms with Crippen molar-refractivity contribution in [3.63, 3.8) is 0 Å². The maximum Gasteiger partial charge on any atom is -0.00488 e. The van der Waals surface area contributed by atoms with E-state index in [2.05, 4.69) is 60.8 Å². The first-order valence-corrected chi connectivity index (χ1v) is 8.73. The topological polar surface area (TPSA) is 12.0 Å². The van der Waals surface area contributed by atoms with Gasteiger partial charge in [0.15, 0.2) is 0 Å². The van der Waals surface area contributed by atoms with Crippen LogP contribution in [0, 0.1) is 5.92 Å². The minimum absolute atomic E-state index is 0.557. The Morgan fingerprint density at radius 3 is 2.00 bits per heavy atom. The molecule has 21 heavy (non-hydrogen) atoms. The summed E-state index contributed by atoms with van der Waals surface area (Å²) in [6, 6.07) is 0. The summed E-state index contributed by atoms with van der Waals surface area (Å²) in [7, 11) is 0. The Balaban J connectivity index is 2.33. The average Bonchev–Trinajstić information content (AvgIpc) is 2.48. The molecule has 1 N–H and O–H groups in total. The molecule has 0 aromatic carbocycles. The van der Waals surface area contributed by atoms with Crippen molar-refractivity contribution < 1.29 is 0 Å². The number of rotatable bonds is 0. The van der Waals surface area contributed by atoms with E-state index in [1.54, 1.807) is 0 Å². The van der Waals surface area contributed by atoms with Gasteiger partial charge in [-0.3, -0.25) is 0 Å². The molecule has 0 fully saturated rings. The van der Waals surface area contributed by atoms with E-state index in [4.69, 9.17) is 0 Å². The third-order valence-corrected chi connectivity index (χ3v) is 3.71. The lowest BCUT2D eigenvalue weighted by molar-refractivity contribution is 0.593. The highest BCUT2D eigenvalue weighted by atomic mass is 14.8. The predicted octanol–water partition coefficient (Wildman–Crippen LogP) is 5.57. The van der Waals surface area contributed by atoms with Gasteiger partial charge >= 0.3 is 0 Å². The van der Waals surface area contributed by atoms with Gasteiger partial charge in [0, 0.05) is 0 Å². The first kappa shape index (κ1) is 18.0. The summed E-state index contributed by atoms with van der Waals surface area (Å²) in [5, 5.41) is 3.55. The smallest absolute Gasteiger partial charge is 0.00488 e. The van der Waals surface area contributed by atoms with Gasteiger partial charge in [-0.1, -0.05) is 55.5 Å². The van der Waals surface area contributed by atoms with E-state index in [1.165, 1.54) is 51.6 Å². The van der Waals surface area contributed by atoms with Crippen LogP contribution in [0.1, 0.15) is 58.3 Å². The molecule has 1 atom stereocenters. The highest BCUT2D eigenvalue weighted by molar-refractivity contribution is 5.02. The molecule has 1 unspecified atom stereocenters. The number of allylic oxidation sites excluding steroid dienone is 8. The molecule has 1 nitrogen and oxygen atoms in total. The summed E-state index contributed by atoms with van der Waals surface area (Å²) >= 11 is 0. The van der Waals surface area contributed by atoms with Crippen LogP contribution in [0.15, 0.2) is 48.6 Å². The molecule has 0 aromatic rings. The van der Waals surface area contributed by atoms with Crippen molar-refractivity contribution in [2.45, 2.75) is 58.3 Å². The van der Waals surface area contributed by atoms with Crippen molar-refractivity contribution >= 4 is 0 Å². The second-order valence-electron chi connectivity index (χ2n) is 5.87. The zero-order chi connectivity index (χ0) is 15.0. The fourth-order valence-electron chi connectivity index (χ4n) is 2.38.